The quantitative estimate of drug-likeness (QED) is 0.700. The molecule has 0 saturated carbocycles. The van der Waals surface area contributed by atoms with Crippen molar-refractivity contribution in [3.63, 3.8) is 0 Å². The van der Waals surface area contributed by atoms with Crippen molar-refractivity contribution in [2.45, 2.75) is 38.1 Å². The molecule has 9 heteroatoms. The highest BCUT2D eigenvalue weighted by molar-refractivity contribution is 7.80. The predicted octanol–water partition coefficient (Wildman–Crippen LogP) is 3.28. The van der Waals surface area contributed by atoms with Crippen molar-refractivity contribution >= 4 is 58.0 Å². The molecule has 0 spiro atoms. The van der Waals surface area contributed by atoms with Crippen LogP contribution in [-0.2, 0) is 9.59 Å². The Morgan fingerprint density at radius 2 is 1.71 bits per heavy atom. The van der Waals surface area contributed by atoms with Crippen LogP contribution in [0.15, 0.2) is 18.2 Å². The van der Waals surface area contributed by atoms with Gasteiger partial charge in [-0.2, -0.15) is 0 Å². The van der Waals surface area contributed by atoms with E-state index in [0.717, 1.165) is 38.8 Å². The van der Waals surface area contributed by atoms with Crippen LogP contribution in [0.25, 0.3) is 0 Å². The Labute approximate surface area is 180 Å². The summed E-state index contributed by atoms with van der Waals surface area (Å²) in [5, 5.41) is 7.42. The first-order valence-corrected chi connectivity index (χ1v) is 10.7. The van der Waals surface area contributed by atoms with Gasteiger partial charge in [-0.15, -0.1) is 0 Å². The van der Waals surface area contributed by atoms with E-state index >= 15 is 0 Å². The van der Waals surface area contributed by atoms with Crippen LogP contribution < -0.4 is 10.6 Å². The Hall–Kier alpha value is -1.57. The van der Waals surface area contributed by atoms with Gasteiger partial charge in [-0.3, -0.25) is 9.59 Å². The fraction of sp³-hybridized carbons (Fsp3) is 0.526. The molecule has 0 bridgehead atoms. The molecule has 0 radical (unpaired) electrons. The van der Waals surface area contributed by atoms with Gasteiger partial charge >= 0.3 is 0 Å². The maximum atomic E-state index is 13.0. The number of halogens is 2. The average Bonchev–Trinajstić information content (AvgIpc) is 3.11. The summed E-state index contributed by atoms with van der Waals surface area (Å²) in [5.41, 5.74) is 0.650. The monoisotopic (exact) mass is 442 g/mol. The number of nitrogens with one attached hydrogen (secondary N) is 2. The molecular formula is C19H24Cl2N4O2S. The second-order valence-electron chi connectivity index (χ2n) is 7.15. The zero-order chi connectivity index (χ0) is 20.1. The summed E-state index contributed by atoms with van der Waals surface area (Å²) < 4.78 is 0. The number of carbonyl (C=O) groups is 2. The van der Waals surface area contributed by atoms with Gasteiger partial charge in [0.05, 0.1) is 6.54 Å². The van der Waals surface area contributed by atoms with Crippen LogP contribution >= 0.6 is 35.4 Å². The van der Waals surface area contributed by atoms with E-state index in [2.05, 4.69) is 10.6 Å². The molecule has 152 valence electrons. The summed E-state index contributed by atoms with van der Waals surface area (Å²) in [4.78, 5) is 28.9. The minimum Gasteiger partial charge on any atom is -0.351 e. The first-order valence-electron chi connectivity index (χ1n) is 9.52. The first kappa shape index (κ1) is 21.1. The van der Waals surface area contributed by atoms with Crippen molar-refractivity contribution in [1.82, 2.24) is 15.1 Å². The summed E-state index contributed by atoms with van der Waals surface area (Å²) >= 11 is 17.4. The number of nitrogens with zero attached hydrogens (tertiary/aromatic N) is 2. The number of carbonyl (C=O) groups excluding carboxylic acids is 2. The molecule has 1 aromatic rings. The van der Waals surface area contributed by atoms with Crippen molar-refractivity contribution in [3.05, 3.63) is 28.2 Å². The van der Waals surface area contributed by atoms with Crippen molar-refractivity contribution in [1.29, 1.82) is 0 Å². The Morgan fingerprint density at radius 3 is 2.39 bits per heavy atom. The summed E-state index contributed by atoms with van der Waals surface area (Å²) in [5.74, 6) is -0.0564. The van der Waals surface area contributed by atoms with Gasteiger partial charge in [0.25, 0.3) is 0 Å². The molecule has 0 aromatic heterocycles. The highest BCUT2D eigenvalue weighted by atomic mass is 35.5. The van der Waals surface area contributed by atoms with Gasteiger partial charge in [0, 0.05) is 35.4 Å². The van der Waals surface area contributed by atoms with E-state index in [4.69, 9.17) is 35.4 Å². The van der Waals surface area contributed by atoms with Crippen molar-refractivity contribution in [2.24, 2.45) is 0 Å². The van der Waals surface area contributed by atoms with Crippen LogP contribution in [0.4, 0.5) is 5.69 Å². The lowest BCUT2D eigenvalue weighted by atomic mass is 10.1. The molecule has 28 heavy (non-hydrogen) atoms. The van der Waals surface area contributed by atoms with Gasteiger partial charge in [0.15, 0.2) is 5.11 Å². The number of likely N-dealkylation sites (tertiary alicyclic amines) is 2. The summed E-state index contributed by atoms with van der Waals surface area (Å²) in [6.07, 6.45) is 4.52. The third-order valence-corrected chi connectivity index (χ3v) is 5.65. The van der Waals surface area contributed by atoms with Crippen molar-refractivity contribution in [3.8, 4) is 0 Å². The predicted molar refractivity (Wildman–Crippen MR) is 116 cm³/mol. The molecule has 6 nitrogen and oxygen atoms in total. The number of hydrogen-bond donors (Lipinski definition) is 2. The fourth-order valence-electron chi connectivity index (χ4n) is 3.58. The second kappa shape index (κ2) is 9.76. The lowest BCUT2D eigenvalue weighted by molar-refractivity contribution is -0.140. The molecule has 1 aromatic carbocycles. The third-order valence-electron chi connectivity index (χ3n) is 4.99. The lowest BCUT2D eigenvalue weighted by Crippen LogP contribution is -2.51. The van der Waals surface area contributed by atoms with E-state index in [9.17, 15) is 9.59 Å². The maximum absolute atomic E-state index is 13.0. The molecule has 0 aliphatic carbocycles. The Morgan fingerprint density at radius 1 is 1.07 bits per heavy atom. The van der Waals surface area contributed by atoms with E-state index in [0.29, 0.717) is 33.8 Å². The molecule has 2 aliphatic rings. The standard InChI is InChI=1S/C19H24Cl2N4O2S/c20-13-9-14(21)11-15(10-13)22-19(28)23-16-5-1-2-8-25(18(16)27)12-17(26)24-6-3-4-7-24/h9-11,16H,1-8,12H2,(H2,22,23,28)/t16-/m0/s1. The van der Waals surface area contributed by atoms with Crippen LogP contribution in [0.3, 0.4) is 0 Å². The number of benzene rings is 1. The van der Waals surface area contributed by atoms with Gasteiger partial charge in [0.2, 0.25) is 11.8 Å². The third kappa shape index (κ3) is 5.72. The zero-order valence-electron chi connectivity index (χ0n) is 15.5. The SMILES string of the molecule is O=C(CN1CCCC[C@H](NC(=S)Nc2cc(Cl)cc(Cl)c2)C1=O)N1CCCC1. The molecule has 2 N–H and O–H groups in total. The molecule has 2 fully saturated rings. The first-order chi connectivity index (χ1) is 13.4. The minimum atomic E-state index is -0.455. The Balaban J connectivity index is 1.59. The number of anilines is 1. The topological polar surface area (TPSA) is 64.7 Å². The van der Waals surface area contributed by atoms with Crippen molar-refractivity contribution < 1.29 is 9.59 Å². The normalized spacial score (nSPS) is 20.1. The van der Waals surface area contributed by atoms with E-state index in [1.54, 1.807) is 23.1 Å². The zero-order valence-corrected chi connectivity index (χ0v) is 17.9. The molecule has 3 rings (SSSR count). The molecule has 2 heterocycles. The average molecular weight is 443 g/mol. The van der Waals surface area contributed by atoms with E-state index in [1.165, 1.54) is 0 Å². The lowest BCUT2D eigenvalue weighted by Gasteiger charge is -2.27. The van der Waals surface area contributed by atoms with Gasteiger partial charge in [-0.25, -0.2) is 0 Å². The second-order valence-corrected chi connectivity index (χ2v) is 8.43. The van der Waals surface area contributed by atoms with Crippen LogP contribution in [0, 0.1) is 0 Å². The summed E-state index contributed by atoms with van der Waals surface area (Å²) in [6, 6.07) is 4.59. The van der Waals surface area contributed by atoms with Gasteiger partial charge in [-0.1, -0.05) is 23.2 Å². The minimum absolute atomic E-state index is 0.0285. The Kier molecular flexibility index (Phi) is 7.37. The van der Waals surface area contributed by atoms with Gasteiger partial charge in [-0.05, 0) is 62.5 Å². The van der Waals surface area contributed by atoms with Gasteiger partial charge in [0.1, 0.15) is 6.04 Å². The van der Waals surface area contributed by atoms with Crippen molar-refractivity contribution in [2.75, 3.05) is 31.5 Å². The van der Waals surface area contributed by atoms with Crippen LogP contribution in [-0.4, -0.2) is 58.9 Å². The van der Waals surface area contributed by atoms with E-state index in [1.807, 2.05) is 4.90 Å². The molecule has 2 aliphatic heterocycles. The fourth-order valence-corrected chi connectivity index (χ4v) is 4.36. The van der Waals surface area contributed by atoms with E-state index in [-0.39, 0.29) is 18.4 Å². The Bertz CT molecular complexity index is 735. The molecule has 1 atom stereocenters. The number of thiocarbonyl (C=S) groups is 1. The largest absolute Gasteiger partial charge is 0.351 e. The van der Waals surface area contributed by atoms with E-state index < -0.39 is 6.04 Å². The van der Waals surface area contributed by atoms with Crippen LogP contribution in [0.2, 0.25) is 10.0 Å². The number of hydrogen-bond acceptors (Lipinski definition) is 3. The summed E-state index contributed by atoms with van der Waals surface area (Å²) in [6.45, 7) is 2.32. The van der Waals surface area contributed by atoms with Gasteiger partial charge < -0.3 is 20.4 Å². The van der Waals surface area contributed by atoms with Crippen LogP contribution in [0.1, 0.15) is 32.1 Å². The maximum Gasteiger partial charge on any atom is 0.245 e. The molecule has 2 amide bonds. The molecular weight excluding hydrogens is 419 g/mol. The highest BCUT2D eigenvalue weighted by Gasteiger charge is 2.30. The van der Waals surface area contributed by atoms with Crippen LogP contribution in [0.5, 0.6) is 0 Å². The number of amides is 2. The highest BCUT2D eigenvalue weighted by Crippen LogP contribution is 2.22. The number of rotatable bonds is 4. The summed E-state index contributed by atoms with van der Waals surface area (Å²) in [7, 11) is 0. The molecule has 0 unspecified atom stereocenters. The smallest absolute Gasteiger partial charge is 0.245 e. The molecule has 2 saturated heterocycles.